The Morgan fingerprint density at radius 3 is 2.60 bits per heavy atom. The maximum absolute atomic E-state index is 13.5. The van der Waals surface area contributed by atoms with Crippen LogP contribution in [0, 0.1) is 11.7 Å². The number of hydrogen-bond acceptors (Lipinski definition) is 3. The SMILES string of the molecule is O=C(Nc1ccc(Cl)c(F)c1)C1CNC(=O)N(c2ccccc2)C1=O. The lowest BCUT2D eigenvalue weighted by Crippen LogP contribution is -2.58. The molecule has 2 N–H and O–H groups in total. The molecule has 0 aromatic heterocycles. The summed E-state index contributed by atoms with van der Waals surface area (Å²) in [4.78, 5) is 37.9. The van der Waals surface area contributed by atoms with Crippen molar-refractivity contribution in [2.45, 2.75) is 0 Å². The van der Waals surface area contributed by atoms with Crippen LogP contribution in [-0.4, -0.2) is 24.4 Å². The Labute approximate surface area is 147 Å². The van der Waals surface area contributed by atoms with Gasteiger partial charge < -0.3 is 10.6 Å². The Balaban J connectivity index is 1.79. The number of hydrogen-bond donors (Lipinski definition) is 2. The first-order chi connectivity index (χ1) is 12.0. The molecule has 2 aromatic rings. The van der Waals surface area contributed by atoms with Crippen molar-refractivity contribution in [1.29, 1.82) is 0 Å². The molecule has 3 rings (SSSR count). The Kier molecular flexibility index (Phi) is 4.67. The van der Waals surface area contributed by atoms with Gasteiger partial charge in [0.05, 0.1) is 10.7 Å². The summed E-state index contributed by atoms with van der Waals surface area (Å²) in [5.41, 5.74) is 0.530. The molecule has 2 aromatic carbocycles. The minimum absolute atomic E-state index is 0.0748. The fraction of sp³-hybridized carbons (Fsp3) is 0.118. The number of carbonyl (C=O) groups is 3. The highest BCUT2D eigenvalue weighted by atomic mass is 35.5. The fourth-order valence-corrected chi connectivity index (χ4v) is 2.56. The number of urea groups is 1. The fourth-order valence-electron chi connectivity index (χ4n) is 2.44. The van der Waals surface area contributed by atoms with E-state index in [-0.39, 0.29) is 17.3 Å². The first-order valence-electron chi connectivity index (χ1n) is 7.40. The quantitative estimate of drug-likeness (QED) is 0.825. The minimum atomic E-state index is -1.13. The molecule has 0 aliphatic carbocycles. The smallest absolute Gasteiger partial charge is 0.328 e. The van der Waals surface area contributed by atoms with Crippen LogP contribution in [0.3, 0.4) is 0 Å². The average Bonchev–Trinajstić information content (AvgIpc) is 2.59. The first kappa shape index (κ1) is 16.9. The highest BCUT2D eigenvalue weighted by Crippen LogP contribution is 2.22. The van der Waals surface area contributed by atoms with E-state index >= 15 is 0 Å². The van der Waals surface area contributed by atoms with Gasteiger partial charge in [-0.3, -0.25) is 9.59 Å². The third kappa shape index (κ3) is 3.46. The van der Waals surface area contributed by atoms with E-state index in [1.807, 2.05) is 0 Å². The van der Waals surface area contributed by atoms with Gasteiger partial charge in [-0.2, -0.15) is 0 Å². The van der Waals surface area contributed by atoms with E-state index in [1.165, 1.54) is 12.1 Å². The zero-order valence-electron chi connectivity index (χ0n) is 12.8. The van der Waals surface area contributed by atoms with Crippen molar-refractivity contribution >= 4 is 40.8 Å². The molecule has 4 amide bonds. The number of anilines is 2. The van der Waals surface area contributed by atoms with Crippen LogP contribution in [0.1, 0.15) is 0 Å². The summed E-state index contributed by atoms with van der Waals surface area (Å²) in [7, 11) is 0. The van der Waals surface area contributed by atoms with E-state index in [4.69, 9.17) is 11.6 Å². The van der Waals surface area contributed by atoms with Gasteiger partial charge in [-0.15, -0.1) is 0 Å². The molecular weight excluding hydrogens is 349 g/mol. The van der Waals surface area contributed by atoms with E-state index in [9.17, 15) is 18.8 Å². The summed E-state index contributed by atoms with van der Waals surface area (Å²) in [6, 6.07) is 11.5. The van der Waals surface area contributed by atoms with Crippen LogP contribution in [0.25, 0.3) is 0 Å². The van der Waals surface area contributed by atoms with E-state index in [0.29, 0.717) is 5.69 Å². The van der Waals surface area contributed by atoms with Crippen LogP contribution < -0.4 is 15.5 Å². The lowest BCUT2D eigenvalue weighted by atomic mass is 10.0. The molecule has 25 heavy (non-hydrogen) atoms. The molecule has 0 bridgehead atoms. The summed E-state index contributed by atoms with van der Waals surface area (Å²) in [6.07, 6.45) is 0. The number of para-hydroxylation sites is 1. The van der Waals surface area contributed by atoms with Crippen LogP contribution in [-0.2, 0) is 9.59 Å². The molecule has 1 aliphatic heterocycles. The van der Waals surface area contributed by atoms with Crippen molar-refractivity contribution in [3.05, 3.63) is 59.4 Å². The van der Waals surface area contributed by atoms with Crippen LogP contribution in [0.4, 0.5) is 20.6 Å². The number of imide groups is 1. The van der Waals surface area contributed by atoms with E-state index in [2.05, 4.69) is 10.6 Å². The van der Waals surface area contributed by atoms with Crippen molar-refractivity contribution in [1.82, 2.24) is 5.32 Å². The van der Waals surface area contributed by atoms with E-state index in [0.717, 1.165) is 11.0 Å². The Morgan fingerprint density at radius 2 is 1.92 bits per heavy atom. The summed E-state index contributed by atoms with van der Waals surface area (Å²) in [5.74, 6) is -3.11. The van der Waals surface area contributed by atoms with E-state index < -0.39 is 29.6 Å². The van der Waals surface area contributed by atoms with Gasteiger partial charge in [0.2, 0.25) is 11.8 Å². The number of nitrogens with zero attached hydrogens (tertiary/aromatic N) is 1. The number of amides is 4. The molecule has 8 heteroatoms. The standard InChI is InChI=1S/C17H13ClFN3O3/c18-13-7-6-10(8-14(13)19)21-15(23)12-9-20-17(25)22(16(12)24)11-4-2-1-3-5-11/h1-8,12H,9H2,(H,20,25)(H,21,23). The van der Waals surface area contributed by atoms with Crippen molar-refractivity contribution in [3.8, 4) is 0 Å². The largest absolute Gasteiger partial charge is 0.336 e. The number of halogens is 2. The molecule has 1 aliphatic rings. The summed E-state index contributed by atoms with van der Waals surface area (Å²) >= 11 is 5.60. The molecule has 128 valence electrons. The number of carbonyl (C=O) groups excluding carboxylic acids is 3. The lowest BCUT2D eigenvalue weighted by Gasteiger charge is -2.30. The van der Waals surface area contributed by atoms with Gasteiger partial charge in [-0.25, -0.2) is 14.1 Å². The number of benzene rings is 2. The number of nitrogens with one attached hydrogen (secondary N) is 2. The molecule has 1 saturated heterocycles. The maximum atomic E-state index is 13.5. The zero-order valence-corrected chi connectivity index (χ0v) is 13.6. The highest BCUT2D eigenvalue weighted by molar-refractivity contribution is 6.30. The van der Waals surface area contributed by atoms with Crippen LogP contribution in [0.15, 0.2) is 48.5 Å². The molecule has 0 radical (unpaired) electrons. The second kappa shape index (κ2) is 6.90. The Bertz CT molecular complexity index is 844. The Morgan fingerprint density at radius 1 is 1.20 bits per heavy atom. The molecule has 6 nitrogen and oxygen atoms in total. The summed E-state index contributed by atoms with van der Waals surface area (Å²) in [5, 5.41) is 4.89. The van der Waals surface area contributed by atoms with Gasteiger partial charge in [0.25, 0.3) is 0 Å². The van der Waals surface area contributed by atoms with Crippen LogP contribution >= 0.6 is 11.6 Å². The zero-order chi connectivity index (χ0) is 18.0. The first-order valence-corrected chi connectivity index (χ1v) is 7.78. The molecule has 1 atom stereocenters. The van der Waals surface area contributed by atoms with Gasteiger partial charge in [-0.05, 0) is 30.3 Å². The maximum Gasteiger partial charge on any atom is 0.328 e. The molecular formula is C17H13ClFN3O3. The molecule has 0 saturated carbocycles. The summed E-state index contributed by atoms with van der Waals surface area (Å²) in [6.45, 7) is -0.136. The molecule has 0 spiro atoms. The van der Waals surface area contributed by atoms with Gasteiger partial charge in [0, 0.05) is 12.2 Å². The average molecular weight is 362 g/mol. The van der Waals surface area contributed by atoms with Crippen molar-refractivity contribution in [2.75, 3.05) is 16.8 Å². The molecule has 1 heterocycles. The predicted molar refractivity (Wildman–Crippen MR) is 90.9 cm³/mol. The van der Waals surface area contributed by atoms with Gasteiger partial charge >= 0.3 is 6.03 Å². The van der Waals surface area contributed by atoms with Gasteiger partial charge in [0.1, 0.15) is 11.7 Å². The van der Waals surface area contributed by atoms with Gasteiger partial charge in [0.15, 0.2) is 0 Å². The van der Waals surface area contributed by atoms with Crippen molar-refractivity contribution in [3.63, 3.8) is 0 Å². The monoisotopic (exact) mass is 361 g/mol. The molecule has 1 fully saturated rings. The summed E-state index contributed by atoms with van der Waals surface area (Å²) < 4.78 is 13.5. The third-order valence-electron chi connectivity index (χ3n) is 3.70. The lowest BCUT2D eigenvalue weighted by molar-refractivity contribution is -0.130. The highest BCUT2D eigenvalue weighted by Gasteiger charge is 2.39. The normalized spacial score (nSPS) is 17.2. The second-order valence-electron chi connectivity index (χ2n) is 5.37. The predicted octanol–water partition coefficient (Wildman–Crippen LogP) is 2.79. The Hall–Kier alpha value is -2.93. The van der Waals surface area contributed by atoms with Crippen molar-refractivity contribution < 1.29 is 18.8 Å². The number of rotatable bonds is 3. The topological polar surface area (TPSA) is 78.5 Å². The molecule has 1 unspecified atom stereocenters. The van der Waals surface area contributed by atoms with Crippen molar-refractivity contribution in [2.24, 2.45) is 5.92 Å². The minimum Gasteiger partial charge on any atom is -0.336 e. The van der Waals surface area contributed by atoms with Crippen LogP contribution in [0.2, 0.25) is 5.02 Å². The van der Waals surface area contributed by atoms with Crippen LogP contribution in [0.5, 0.6) is 0 Å². The van der Waals surface area contributed by atoms with Gasteiger partial charge in [-0.1, -0.05) is 29.8 Å². The third-order valence-corrected chi connectivity index (χ3v) is 4.00. The second-order valence-corrected chi connectivity index (χ2v) is 5.77. The van der Waals surface area contributed by atoms with E-state index in [1.54, 1.807) is 30.3 Å².